The minimum absolute atomic E-state index is 0.00368. The molecule has 36 heavy (non-hydrogen) atoms. The van der Waals surface area contributed by atoms with E-state index in [-0.39, 0.29) is 17.0 Å². The van der Waals surface area contributed by atoms with Gasteiger partial charge in [-0.1, -0.05) is 0 Å². The van der Waals surface area contributed by atoms with E-state index < -0.39 is 67.5 Å². The van der Waals surface area contributed by atoms with Crippen molar-refractivity contribution in [2.75, 3.05) is 25.0 Å². The van der Waals surface area contributed by atoms with E-state index in [0.717, 1.165) is 30.5 Å². The molecule has 3 amide bonds. The first-order chi connectivity index (χ1) is 16.9. The summed E-state index contributed by atoms with van der Waals surface area (Å²) in [6.45, 7) is -2.20. The molecule has 0 aliphatic carbocycles. The molecule has 1 aliphatic rings. The number of ether oxygens (including phenoxy) is 1. The van der Waals surface area contributed by atoms with Crippen LogP contribution in [0.4, 0.5) is 27.6 Å². The molecule has 1 aromatic heterocycles. The van der Waals surface area contributed by atoms with Crippen LogP contribution in [0.5, 0.6) is 5.75 Å². The summed E-state index contributed by atoms with van der Waals surface area (Å²) in [5, 5.41) is 13.6. The molecule has 0 unspecified atom stereocenters. The van der Waals surface area contributed by atoms with Crippen LogP contribution in [0.3, 0.4) is 0 Å². The Hall–Kier alpha value is -4.28. The number of benzene rings is 1. The summed E-state index contributed by atoms with van der Waals surface area (Å²) in [6.07, 6.45) is -2.94. The number of anilines is 1. The molecular weight excluding hydrogens is 493 g/mol. The summed E-state index contributed by atoms with van der Waals surface area (Å²) in [7, 11) is 0. The predicted octanol–water partition coefficient (Wildman–Crippen LogP) is 2.61. The van der Waals surface area contributed by atoms with Crippen LogP contribution in [-0.2, 0) is 15.8 Å². The molecule has 14 heteroatoms. The van der Waals surface area contributed by atoms with Gasteiger partial charge in [0.1, 0.15) is 11.8 Å². The Bertz CT molecular complexity index is 1180. The fourth-order valence-corrected chi connectivity index (χ4v) is 3.31. The van der Waals surface area contributed by atoms with E-state index in [1.54, 1.807) is 6.07 Å². The number of nitrogens with one attached hydrogen (secondary N) is 2. The van der Waals surface area contributed by atoms with E-state index in [9.17, 15) is 36.3 Å². The Labute approximate surface area is 200 Å². The summed E-state index contributed by atoms with van der Waals surface area (Å²) in [5.41, 5.74) is -1.05. The normalized spacial score (nSPS) is 16.7. The van der Waals surface area contributed by atoms with Gasteiger partial charge in [-0.15, -0.1) is 0 Å². The SMILES string of the molecule is N#C[C@@H]1CC(F)(F)CN1C(=O)CNC(=O)c1ccncc1NC(=O)COc1ccc(C(F)(F)F)cc1. The molecule has 9 nitrogen and oxygen atoms in total. The molecule has 1 atom stereocenters. The zero-order valence-corrected chi connectivity index (χ0v) is 18.3. The van der Waals surface area contributed by atoms with Gasteiger partial charge in [0.15, 0.2) is 6.61 Å². The first-order valence-corrected chi connectivity index (χ1v) is 10.3. The molecule has 0 radical (unpaired) electrons. The second-order valence-electron chi connectivity index (χ2n) is 7.69. The molecule has 1 aliphatic heterocycles. The van der Waals surface area contributed by atoms with E-state index in [1.807, 2.05) is 0 Å². The van der Waals surface area contributed by atoms with Crippen LogP contribution in [0.1, 0.15) is 22.3 Å². The van der Waals surface area contributed by atoms with Crippen LogP contribution in [0, 0.1) is 11.3 Å². The van der Waals surface area contributed by atoms with Gasteiger partial charge in [-0.2, -0.15) is 18.4 Å². The Morgan fingerprint density at radius 1 is 1.19 bits per heavy atom. The molecular formula is C22H18F5N5O4. The summed E-state index contributed by atoms with van der Waals surface area (Å²) in [6, 6.07) is 5.22. The number of halogens is 5. The van der Waals surface area contributed by atoms with Crippen LogP contribution in [0.2, 0.25) is 0 Å². The molecule has 3 rings (SSSR count). The number of pyridine rings is 1. The van der Waals surface area contributed by atoms with Crippen LogP contribution >= 0.6 is 0 Å². The van der Waals surface area contributed by atoms with Gasteiger partial charge in [0, 0.05) is 12.6 Å². The lowest BCUT2D eigenvalue weighted by Crippen LogP contribution is -2.43. The minimum Gasteiger partial charge on any atom is -0.484 e. The van der Waals surface area contributed by atoms with Crippen LogP contribution in [0.15, 0.2) is 42.7 Å². The molecule has 2 N–H and O–H groups in total. The van der Waals surface area contributed by atoms with Gasteiger partial charge in [0.2, 0.25) is 5.91 Å². The minimum atomic E-state index is -4.52. The number of nitriles is 1. The van der Waals surface area contributed by atoms with Gasteiger partial charge in [0.05, 0.1) is 42.2 Å². The number of hydrogen-bond donors (Lipinski definition) is 2. The van der Waals surface area contributed by atoms with Crippen molar-refractivity contribution in [2.24, 2.45) is 0 Å². The van der Waals surface area contributed by atoms with Crippen molar-refractivity contribution >= 4 is 23.4 Å². The Kier molecular flexibility index (Phi) is 7.71. The number of nitrogens with zero attached hydrogens (tertiary/aromatic N) is 3. The van der Waals surface area contributed by atoms with Gasteiger partial charge < -0.3 is 20.3 Å². The number of aromatic nitrogens is 1. The Morgan fingerprint density at radius 3 is 2.53 bits per heavy atom. The number of carbonyl (C=O) groups excluding carboxylic acids is 3. The van der Waals surface area contributed by atoms with Crippen molar-refractivity contribution in [2.45, 2.75) is 24.6 Å². The van der Waals surface area contributed by atoms with Gasteiger partial charge in [-0.05, 0) is 30.3 Å². The third kappa shape index (κ3) is 6.65. The quantitative estimate of drug-likeness (QED) is 0.551. The zero-order chi connectivity index (χ0) is 26.5. The standard InChI is InChI=1S/C22H18F5N5O4/c23-21(24)7-14(8-28)32(12-21)19(34)10-30-20(35)16-5-6-29-9-17(16)31-18(33)11-36-15-3-1-13(2-4-15)22(25,26)27/h1-6,9,14H,7,10-12H2,(H,30,35)(H,31,33)/t14-/m0/s1. The van der Waals surface area contributed by atoms with Gasteiger partial charge in [-0.3, -0.25) is 19.4 Å². The van der Waals surface area contributed by atoms with Crippen LogP contribution in [-0.4, -0.2) is 59.3 Å². The first-order valence-electron chi connectivity index (χ1n) is 10.3. The third-order valence-corrected chi connectivity index (χ3v) is 5.03. The fourth-order valence-electron chi connectivity index (χ4n) is 3.31. The highest BCUT2D eigenvalue weighted by Crippen LogP contribution is 2.32. The lowest BCUT2D eigenvalue weighted by Gasteiger charge is -2.19. The van der Waals surface area contributed by atoms with E-state index in [1.165, 1.54) is 12.3 Å². The monoisotopic (exact) mass is 511 g/mol. The summed E-state index contributed by atoms with van der Waals surface area (Å²) >= 11 is 0. The Balaban J connectivity index is 1.56. The summed E-state index contributed by atoms with van der Waals surface area (Å²) in [5.74, 6) is -5.67. The molecule has 1 saturated heterocycles. The fraction of sp³-hybridized carbons (Fsp3) is 0.318. The summed E-state index contributed by atoms with van der Waals surface area (Å²) in [4.78, 5) is 41.5. The van der Waals surface area contributed by atoms with Gasteiger partial charge in [-0.25, -0.2) is 8.78 Å². The van der Waals surface area contributed by atoms with Crippen LogP contribution < -0.4 is 15.4 Å². The zero-order valence-electron chi connectivity index (χ0n) is 18.3. The smallest absolute Gasteiger partial charge is 0.416 e. The lowest BCUT2D eigenvalue weighted by atomic mass is 10.2. The van der Waals surface area contributed by atoms with E-state index in [0.29, 0.717) is 4.90 Å². The van der Waals surface area contributed by atoms with E-state index in [2.05, 4.69) is 15.6 Å². The van der Waals surface area contributed by atoms with Crippen LogP contribution in [0.25, 0.3) is 0 Å². The molecule has 0 bridgehead atoms. The maximum absolute atomic E-state index is 13.5. The topological polar surface area (TPSA) is 124 Å². The van der Waals surface area contributed by atoms with E-state index in [4.69, 9.17) is 10.00 Å². The molecule has 2 aromatic rings. The molecule has 2 heterocycles. The molecule has 0 saturated carbocycles. The third-order valence-electron chi connectivity index (χ3n) is 5.03. The van der Waals surface area contributed by atoms with Gasteiger partial charge >= 0.3 is 6.18 Å². The van der Waals surface area contributed by atoms with Crippen molar-refractivity contribution in [3.05, 3.63) is 53.9 Å². The highest BCUT2D eigenvalue weighted by molar-refractivity contribution is 6.04. The summed E-state index contributed by atoms with van der Waals surface area (Å²) < 4.78 is 70.0. The number of carbonyl (C=O) groups is 3. The maximum Gasteiger partial charge on any atom is 0.416 e. The number of alkyl halides is 5. The van der Waals surface area contributed by atoms with Crippen molar-refractivity contribution in [3.8, 4) is 11.8 Å². The molecule has 1 fully saturated rings. The average Bonchev–Trinajstić information content (AvgIpc) is 3.15. The second kappa shape index (κ2) is 10.5. The number of amides is 3. The van der Waals surface area contributed by atoms with Crippen molar-refractivity contribution in [3.63, 3.8) is 0 Å². The number of hydrogen-bond acceptors (Lipinski definition) is 6. The molecule has 1 aromatic carbocycles. The second-order valence-corrected chi connectivity index (χ2v) is 7.69. The predicted molar refractivity (Wildman–Crippen MR) is 113 cm³/mol. The highest BCUT2D eigenvalue weighted by atomic mass is 19.4. The first kappa shape index (κ1) is 26.3. The highest BCUT2D eigenvalue weighted by Gasteiger charge is 2.47. The average molecular weight is 511 g/mol. The molecule has 0 spiro atoms. The number of rotatable bonds is 7. The number of likely N-dealkylation sites (tertiary alicyclic amines) is 1. The van der Waals surface area contributed by atoms with Crippen molar-refractivity contribution in [1.29, 1.82) is 5.26 Å². The largest absolute Gasteiger partial charge is 0.484 e. The Morgan fingerprint density at radius 2 is 1.89 bits per heavy atom. The maximum atomic E-state index is 13.5. The van der Waals surface area contributed by atoms with Crippen molar-refractivity contribution < 1.29 is 41.1 Å². The van der Waals surface area contributed by atoms with E-state index >= 15 is 0 Å². The van der Waals surface area contributed by atoms with Crippen molar-refractivity contribution in [1.82, 2.24) is 15.2 Å². The lowest BCUT2D eigenvalue weighted by molar-refractivity contribution is -0.137. The molecule has 190 valence electrons. The van der Waals surface area contributed by atoms with Gasteiger partial charge in [0.25, 0.3) is 17.7 Å².